The van der Waals surface area contributed by atoms with E-state index in [2.05, 4.69) is 66.2 Å². The number of fused-ring (bicyclic) bond motifs is 1. The van der Waals surface area contributed by atoms with Crippen molar-refractivity contribution < 1.29 is 23.2 Å². The molecule has 0 unspecified atom stereocenters. The zero-order valence-corrected chi connectivity index (χ0v) is 38.9. The van der Waals surface area contributed by atoms with Gasteiger partial charge in [-0.1, -0.05) is 6.08 Å². The van der Waals surface area contributed by atoms with Crippen LogP contribution in [-0.4, -0.2) is 118 Å². The molecule has 3 atom stereocenters. The first-order chi connectivity index (χ1) is 32.3. The summed E-state index contributed by atoms with van der Waals surface area (Å²) in [5.74, 6) is -1.14. The van der Waals surface area contributed by atoms with E-state index in [9.17, 15) is 19.2 Å². The Morgan fingerprint density at radius 2 is 1.72 bits per heavy atom. The fourth-order valence-electron chi connectivity index (χ4n) is 10.6. The topological polar surface area (TPSA) is 140 Å². The highest BCUT2D eigenvalue weighted by molar-refractivity contribution is 6.01. The van der Waals surface area contributed by atoms with Gasteiger partial charge in [-0.2, -0.15) is 0 Å². The van der Waals surface area contributed by atoms with Crippen molar-refractivity contribution in [2.45, 2.75) is 71.0 Å². The Morgan fingerprint density at radius 3 is 2.40 bits per heavy atom. The number of imide groups is 1. The van der Waals surface area contributed by atoms with E-state index in [0.29, 0.717) is 74.0 Å². The van der Waals surface area contributed by atoms with Crippen LogP contribution < -0.4 is 26.4 Å². The first kappa shape index (κ1) is 45.8. The van der Waals surface area contributed by atoms with Crippen molar-refractivity contribution in [3.8, 4) is 5.69 Å². The molecule has 0 radical (unpaired) electrons. The summed E-state index contributed by atoms with van der Waals surface area (Å²) in [4.78, 5) is 63.9. The summed E-state index contributed by atoms with van der Waals surface area (Å²) >= 11 is 0. The summed E-state index contributed by atoms with van der Waals surface area (Å²) in [5, 5.41) is 9.29. The van der Waals surface area contributed by atoms with Crippen molar-refractivity contribution >= 4 is 51.4 Å². The van der Waals surface area contributed by atoms with Gasteiger partial charge in [0.2, 0.25) is 11.8 Å². The lowest BCUT2D eigenvalue weighted by molar-refractivity contribution is -0.133. The number of pyridine rings is 2. The lowest BCUT2D eigenvalue weighted by atomic mass is 9.92. The predicted molar refractivity (Wildman–Crippen MR) is 258 cm³/mol. The van der Waals surface area contributed by atoms with Crippen molar-refractivity contribution in [3.63, 3.8) is 0 Å². The molecular weight excluding hydrogens is 855 g/mol. The number of nitrogens with one attached hydrogen (secondary N) is 3. The number of aryl methyl sites for hydroxylation is 2. The number of halogens is 2. The number of likely N-dealkylation sites (tertiary alicyclic amines) is 1. The van der Waals surface area contributed by atoms with Gasteiger partial charge in [-0.3, -0.25) is 38.9 Å². The average Bonchev–Trinajstić information content (AvgIpc) is 3.66. The molecule has 0 saturated carbocycles. The Balaban J connectivity index is 0.773. The fraction of sp³-hybridized carbons (Fsp3) is 0.431. The highest BCUT2D eigenvalue weighted by Gasteiger charge is 2.32. The van der Waals surface area contributed by atoms with Gasteiger partial charge >= 0.3 is 0 Å². The van der Waals surface area contributed by atoms with Crippen LogP contribution in [0.4, 0.5) is 25.8 Å². The molecule has 0 bridgehead atoms. The largest absolute Gasteiger partial charge is 0.388 e. The minimum absolute atomic E-state index is 0.0251. The third-order valence-electron chi connectivity index (χ3n) is 14.5. The number of carbonyl (C=O) groups excluding carboxylic acids is 3. The number of hydrogen-bond donors (Lipinski definition) is 3. The molecule has 14 nitrogen and oxygen atoms in total. The van der Waals surface area contributed by atoms with Crippen LogP contribution in [0.2, 0.25) is 0 Å². The summed E-state index contributed by atoms with van der Waals surface area (Å²) in [6.07, 6.45) is 8.61. The van der Waals surface area contributed by atoms with Gasteiger partial charge in [-0.15, -0.1) is 0 Å². The lowest BCUT2D eigenvalue weighted by Crippen LogP contribution is -2.54. The molecule has 3 fully saturated rings. The Morgan fingerprint density at radius 1 is 0.910 bits per heavy atom. The molecule has 3 aromatic heterocycles. The number of amides is 3. The molecule has 16 heteroatoms. The van der Waals surface area contributed by atoms with E-state index in [0.717, 1.165) is 71.7 Å². The van der Waals surface area contributed by atoms with E-state index < -0.39 is 11.9 Å². The van der Waals surface area contributed by atoms with Crippen LogP contribution in [0, 0.1) is 24.5 Å². The molecule has 3 amide bonds. The van der Waals surface area contributed by atoms with E-state index in [1.165, 1.54) is 12.1 Å². The molecule has 0 spiro atoms. The van der Waals surface area contributed by atoms with Crippen molar-refractivity contribution in [1.29, 1.82) is 0 Å². The van der Waals surface area contributed by atoms with Gasteiger partial charge in [-0.25, -0.2) is 13.8 Å². The van der Waals surface area contributed by atoms with Crippen LogP contribution in [0.5, 0.6) is 0 Å². The molecule has 352 valence electrons. The Hall–Kier alpha value is -6.39. The van der Waals surface area contributed by atoms with Gasteiger partial charge in [0.1, 0.15) is 23.3 Å². The van der Waals surface area contributed by atoms with Gasteiger partial charge < -0.3 is 25.0 Å². The van der Waals surface area contributed by atoms with Gasteiger partial charge in [-0.05, 0) is 112 Å². The number of hydrogen-bond acceptors (Lipinski definition) is 10. The van der Waals surface area contributed by atoms with E-state index >= 15 is 8.78 Å². The van der Waals surface area contributed by atoms with Gasteiger partial charge in [0.05, 0.1) is 11.4 Å². The van der Waals surface area contributed by atoms with Gasteiger partial charge in [0.25, 0.3) is 11.5 Å². The zero-order chi connectivity index (χ0) is 47.1. The quantitative estimate of drug-likeness (QED) is 0.126. The summed E-state index contributed by atoms with van der Waals surface area (Å²) < 4.78 is 35.2. The summed E-state index contributed by atoms with van der Waals surface area (Å²) in [6.45, 7) is 11.8. The van der Waals surface area contributed by atoms with Crippen molar-refractivity contribution in [3.05, 3.63) is 117 Å². The molecule has 0 aliphatic carbocycles. The SMILES string of the molecule is CNc1ccn(-c2ccnc3c2cc([C@H](C)N2CC=C(c4c(C)cc(C(=O)N5CCC(CN6CCN(c7ccc(N[C@@H]8CCC(=O)NC8=O)cc7F)C[C@@H]6C)CC5)cc4F)CC2)n3C)c(=O)c1. The maximum atomic E-state index is 16.1. The second-order valence-corrected chi connectivity index (χ2v) is 18.7. The number of nitrogens with zero attached hydrogens (tertiary/aromatic N) is 7. The standard InChI is InChI=1S/C51H60F2N10O4/c1-31-24-36(25-41(53)48(31)35-13-19-59(20-14-35)33(3)45-28-39-43(10-16-55-49(39)58(45)5)63-21-15-37(54-4)27-47(63)65)51(67)60-17-11-34(12-18-60)30-61-22-23-62(29-32(61)2)44-8-6-38(26-40(44)52)56-42-7-9-46(64)57-50(42)66/h6,8,10,13,15-16,21,24-28,32-34,42,54,56H,7,9,11-12,14,17-20,22-23,29-30H2,1-5H3,(H,57,64,66)/t32-,33-,42+/m0/s1. The summed E-state index contributed by atoms with van der Waals surface area (Å²) in [6, 6.07) is 15.3. The molecule has 9 rings (SSSR count). The molecule has 2 aromatic carbocycles. The average molecular weight is 915 g/mol. The number of piperazine rings is 1. The van der Waals surface area contributed by atoms with Crippen LogP contribution in [0.3, 0.4) is 0 Å². The van der Waals surface area contributed by atoms with Crippen molar-refractivity contribution in [2.75, 3.05) is 74.9 Å². The van der Waals surface area contributed by atoms with Crippen molar-refractivity contribution in [2.24, 2.45) is 13.0 Å². The lowest BCUT2D eigenvalue weighted by Gasteiger charge is -2.43. The summed E-state index contributed by atoms with van der Waals surface area (Å²) in [5.41, 5.74) is 6.93. The van der Waals surface area contributed by atoms with E-state index in [1.54, 1.807) is 42.2 Å². The zero-order valence-electron chi connectivity index (χ0n) is 38.9. The molecule has 5 aromatic rings. The number of aromatic nitrogens is 3. The highest BCUT2D eigenvalue weighted by Crippen LogP contribution is 2.35. The van der Waals surface area contributed by atoms with Crippen LogP contribution >= 0.6 is 0 Å². The molecule has 4 aliphatic rings. The van der Waals surface area contributed by atoms with Gasteiger partial charge in [0, 0.05) is 137 Å². The first-order valence-corrected chi connectivity index (χ1v) is 23.5. The molecule has 67 heavy (non-hydrogen) atoms. The van der Waals surface area contributed by atoms with E-state index in [-0.39, 0.29) is 47.5 Å². The minimum Gasteiger partial charge on any atom is -0.388 e. The third-order valence-corrected chi connectivity index (χ3v) is 14.5. The monoisotopic (exact) mass is 914 g/mol. The summed E-state index contributed by atoms with van der Waals surface area (Å²) in [7, 11) is 3.78. The van der Waals surface area contributed by atoms with Crippen LogP contribution in [0.15, 0.2) is 77.9 Å². The van der Waals surface area contributed by atoms with Crippen LogP contribution in [0.1, 0.15) is 79.2 Å². The first-order valence-electron chi connectivity index (χ1n) is 23.5. The predicted octanol–water partition coefficient (Wildman–Crippen LogP) is 6.48. The smallest absolute Gasteiger partial charge is 0.257 e. The number of carbonyl (C=O) groups is 3. The van der Waals surface area contributed by atoms with Crippen LogP contribution in [-0.2, 0) is 16.6 Å². The second-order valence-electron chi connectivity index (χ2n) is 18.7. The molecule has 7 heterocycles. The highest BCUT2D eigenvalue weighted by atomic mass is 19.1. The molecule has 4 aliphatic heterocycles. The maximum Gasteiger partial charge on any atom is 0.257 e. The fourth-order valence-corrected chi connectivity index (χ4v) is 10.6. The van der Waals surface area contributed by atoms with Crippen LogP contribution in [0.25, 0.3) is 22.3 Å². The number of anilines is 3. The van der Waals surface area contributed by atoms with E-state index in [4.69, 9.17) is 0 Å². The third kappa shape index (κ3) is 9.33. The molecular formula is C51H60F2N10O4. The number of piperidine rings is 2. The minimum atomic E-state index is -0.576. The van der Waals surface area contributed by atoms with Crippen molar-refractivity contribution in [1.82, 2.24) is 34.1 Å². The molecule has 3 saturated heterocycles. The number of rotatable bonds is 11. The Labute approximate surface area is 389 Å². The maximum absolute atomic E-state index is 16.1. The second kappa shape index (κ2) is 19.1. The Kier molecular flexibility index (Phi) is 13.0. The molecule has 3 N–H and O–H groups in total. The number of benzene rings is 2. The van der Waals surface area contributed by atoms with E-state index in [1.807, 2.05) is 37.1 Å². The normalized spacial score (nSPS) is 20.5. The van der Waals surface area contributed by atoms with Gasteiger partial charge in [0.15, 0.2) is 0 Å². The Bertz CT molecular complexity index is 2790.